The smallest absolute Gasteiger partial charge is 0.315 e. The minimum atomic E-state index is -3.46. The lowest BCUT2D eigenvalue weighted by atomic mass is 9.73. The number of hydrogen-bond acceptors (Lipinski definition) is 7. The summed E-state index contributed by atoms with van der Waals surface area (Å²) in [4.78, 5) is 69.7. The number of urea groups is 1. The molecular weight excluding hydrogens is 671 g/mol. The number of Topliss-reactive ketones (excluding diaryl/α,β-unsaturated/α-hetero) is 1. The monoisotopic (exact) mass is 735 g/mol. The number of rotatable bonds is 14. The molecule has 0 unspecified atom stereocenters. The SMILES string of the molecule is C=CCNC(=O)C(=O)[C@H](CCCC)NC(=O)[C@@H]1C[C@@H](C(C)C)CN1C(=O)[C@@H](NC(=O)NC1([C@@H]2CC(C)(C)CCS2(=O)=O)CCCCC1)C(C)(C)C. The van der Waals surface area contributed by atoms with Gasteiger partial charge in [0.05, 0.1) is 22.6 Å². The summed E-state index contributed by atoms with van der Waals surface area (Å²) < 4.78 is 27.1. The highest BCUT2D eigenvalue weighted by Gasteiger charge is 2.53. The summed E-state index contributed by atoms with van der Waals surface area (Å²) in [5.41, 5.74) is -1.90. The Hall–Kier alpha value is -2.96. The number of carbonyl (C=O) groups is 5. The molecule has 4 N–H and O–H groups in total. The molecule has 0 aromatic rings. The number of amides is 5. The molecule has 3 fully saturated rings. The first kappa shape index (κ1) is 42.5. The fourth-order valence-electron chi connectivity index (χ4n) is 7.95. The molecule has 5 amide bonds. The summed E-state index contributed by atoms with van der Waals surface area (Å²) in [5, 5.41) is 10.6. The zero-order chi connectivity index (χ0) is 38.4. The Bertz CT molecular complexity index is 1400. The average Bonchev–Trinajstić information content (AvgIpc) is 3.51. The van der Waals surface area contributed by atoms with Crippen molar-refractivity contribution in [3.8, 4) is 0 Å². The Balaban J connectivity index is 1.89. The van der Waals surface area contributed by atoms with E-state index in [0.717, 1.165) is 25.7 Å². The zero-order valence-corrected chi connectivity index (χ0v) is 33.2. The molecule has 0 radical (unpaired) electrons. The van der Waals surface area contributed by atoms with Crippen molar-refractivity contribution in [3.63, 3.8) is 0 Å². The van der Waals surface area contributed by atoms with Crippen molar-refractivity contribution in [1.82, 2.24) is 26.2 Å². The number of nitrogens with zero attached hydrogens (tertiary/aromatic N) is 1. The summed E-state index contributed by atoms with van der Waals surface area (Å²) in [6.45, 7) is 19.6. The third-order valence-corrected chi connectivity index (χ3v) is 13.6. The lowest BCUT2D eigenvalue weighted by Gasteiger charge is -2.48. The first-order valence-electron chi connectivity index (χ1n) is 19.0. The highest BCUT2D eigenvalue weighted by Crippen LogP contribution is 2.44. The van der Waals surface area contributed by atoms with Crippen LogP contribution in [0.25, 0.3) is 0 Å². The standard InChI is InChI=1S/C38H65N5O7S/c1-10-12-16-27(30(44)33(46)39-20-11-2)40-32(45)28-22-26(25(3)4)24-43(28)34(47)31(36(5,6)7)41-35(48)42-38(17-14-13-15-18-38)29-23-37(8,9)19-21-51(29,49)50/h11,25-29,31H,2,10,12-24H2,1,3-9H3,(H,39,46)(H,40,45)(H2,41,42,48)/t26-,27+,28+,29+,31-/m1/s1. The molecule has 51 heavy (non-hydrogen) atoms. The van der Waals surface area contributed by atoms with Gasteiger partial charge in [0.2, 0.25) is 17.6 Å². The van der Waals surface area contributed by atoms with Crippen LogP contribution in [0.2, 0.25) is 0 Å². The summed E-state index contributed by atoms with van der Waals surface area (Å²) >= 11 is 0. The maximum Gasteiger partial charge on any atom is 0.315 e. The molecule has 5 atom stereocenters. The van der Waals surface area contributed by atoms with E-state index in [9.17, 15) is 32.4 Å². The highest BCUT2D eigenvalue weighted by atomic mass is 32.2. The topological polar surface area (TPSA) is 171 Å². The van der Waals surface area contributed by atoms with E-state index in [4.69, 9.17) is 0 Å². The molecule has 3 rings (SSSR count). The summed E-state index contributed by atoms with van der Waals surface area (Å²) in [6.07, 6.45) is 8.15. The van der Waals surface area contributed by atoms with Gasteiger partial charge in [0, 0.05) is 13.1 Å². The van der Waals surface area contributed by atoms with Crippen LogP contribution in [0, 0.1) is 22.7 Å². The Labute approximate surface area is 306 Å². The van der Waals surface area contributed by atoms with Crippen LogP contribution >= 0.6 is 0 Å². The van der Waals surface area contributed by atoms with Gasteiger partial charge in [-0.1, -0.05) is 93.6 Å². The molecule has 1 saturated carbocycles. The summed E-state index contributed by atoms with van der Waals surface area (Å²) in [6, 6.07) is -3.60. The number of unbranched alkanes of at least 4 members (excludes halogenated alkanes) is 1. The van der Waals surface area contributed by atoms with Gasteiger partial charge in [0.15, 0.2) is 9.84 Å². The van der Waals surface area contributed by atoms with E-state index in [-0.39, 0.29) is 42.5 Å². The van der Waals surface area contributed by atoms with E-state index in [0.29, 0.717) is 38.5 Å². The maximum absolute atomic E-state index is 14.6. The van der Waals surface area contributed by atoms with Crippen molar-refractivity contribution in [2.45, 2.75) is 155 Å². The fraction of sp³-hybridized carbons (Fsp3) is 0.816. The van der Waals surface area contributed by atoms with Crippen LogP contribution in [-0.2, 0) is 29.0 Å². The van der Waals surface area contributed by atoms with Crippen molar-refractivity contribution in [2.24, 2.45) is 22.7 Å². The van der Waals surface area contributed by atoms with Crippen molar-refractivity contribution >= 4 is 39.4 Å². The fourth-order valence-corrected chi connectivity index (χ4v) is 10.8. The number of nitrogens with one attached hydrogen (secondary N) is 4. The Morgan fingerprint density at radius 1 is 1.00 bits per heavy atom. The van der Waals surface area contributed by atoms with Gasteiger partial charge < -0.3 is 26.2 Å². The molecule has 0 bridgehead atoms. The molecule has 2 saturated heterocycles. The molecule has 0 spiro atoms. The average molecular weight is 736 g/mol. The van der Waals surface area contributed by atoms with Crippen LogP contribution in [-0.4, -0.2) is 90.6 Å². The number of sulfone groups is 1. The van der Waals surface area contributed by atoms with Crippen molar-refractivity contribution in [2.75, 3.05) is 18.8 Å². The lowest BCUT2D eigenvalue weighted by Crippen LogP contribution is -2.66. The number of ketones is 1. The van der Waals surface area contributed by atoms with Gasteiger partial charge in [0.25, 0.3) is 5.91 Å². The van der Waals surface area contributed by atoms with Crippen LogP contribution in [0.15, 0.2) is 12.7 Å². The first-order chi connectivity index (χ1) is 23.7. The second-order valence-corrected chi connectivity index (χ2v) is 19.7. The van der Waals surface area contributed by atoms with E-state index >= 15 is 0 Å². The normalized spacial score (nSPS) is 25.3. The van der Waals surface area contributed by atoms with Crippen LogP contribution in [0.5, 0.6) is 0 Å². The van der Waals surface area contributed by atoms with E-state index in [1.807, 2.05) is 41.5 Å². The number of carbonyl (C=O) groups excluding carboxylic acids is 5. The lowest BCUT2D eigenvalue weighted by molar-refractivity contribution is -0.143. The quantitative estimate of drug-likeness (QED) is 0.151. The Morgan fingerprint density at radius 3 is 2.22 bits per heavy atom. The third-order valence-electron chi connectivity index (χ3n) is 11.3. The molecular formula is C38H65N5O7S. The van der Waals surface area contributed by atoms with E-state index in [1.54, 1.807) is 0 Å². The third kappa shape index (κ3) is 10.8. The Morgan fingerprint density at radius 2 is 1.65 bits per heavy atom. The minimum Gasteiger partial charge on any atom is -0.346 e. The minimum absolute atomic E-state index is 0.00908. The molecule has 2 heterocycles. The van der Waals surface area contributed by atoms with Gasteiger partial charge in [-0.2, -0.15) is 0 Å². The molecule has 3 aliphatic rings. The number of hydrogen-bond donors (Lipinski definition) is 4. The van der Waals surface area contributed by atoms with Gasteiger partial charge in [-0.3, -0.25) is 19.2 Å². The van der Waals surface area contributed by atoms with Crippen molar-refractivity contribution < 1.29 is 32.4 Å². The maximum atomic E-state index is 14.6. The Kier molecular flexibility index (Phi) is 14.4. The van der Waals surface area contributed by atoms with Crippen molar-refractivity contribution in [3.05, 3.63) is 12.7 Å². The van der Waals surface area contributed by atoms with Crippen LogP contribution in [0.1, 0.15) is 126 Å². The highest BCUT2D eigenvalue weighted by molar-refractivity contribution is 7.92. The zero-order valence-electron chi connectivity index (χ0n) is 32.4. The van der Waals surface area contributed by atoms with Crippen LogP contribution in [0.4, 0.5) is 4.79 Å². The largest absolute Gasteiger partial charge is 0.346 e. The van der Waals surface area contributed by atoms with Gasteiger partial charge in [-0.25, -0.2) is 13.2 Å². The van der Waals surface area contributed by atoms with Gasteiger partial charge in [-0.15, -0.1) is 6.58 Å². The van der Waals surface area contributed by atoms with E-state index in [2.05, 4.69) is 41.7 Å². The van der Waals surface area contributed by atoms with E-state index < -0.39 is 73.7 Å². The molecule has 1 aliphatic carbocycles. The molecule has 0 aromatic carbocycles. The predicted molar refractivity (Wildman–Crippen MR) is 199 cm³/mol. The van der Waals surface area contributed by atoms with Crippen molar-refractivity contribution in [1.29, 1.82) is 0 Å². The summed E-state index contributed by atoms with van der Waals surface area (Å²) in [7, 11) is -3.46. The van der Waals surface area contributed by atoms with Crippen LogP contribution < -0.4 is 21.3 Å². The van der Waals surface area contributed by atoms with Gasteiger partial charge in [-0.05, 0) is 61.2 Å². The predicted octanol–water partition coefficient (Wildman–Crippen LogP) is 4.43. The summed E-state index contributed by atoms with van der Waals surface area (Å²) in [5.74, 6) is -2.27. The molecule has 0 aromatic heterocycles. The second-order valence-electron chi connectivity index (χ2n) is 17.4. The molecule has 13 heteroatoms. The van der Waals surface area contributed by atoms with E-state index in [1.165, 1.54) is 11.0 Å². The first-order valence-corrected chi connectivity index (χ1v) is 20.7. The van der Waals surface area contributed by atoms with Gasteiger partial charge >= 0.3 is 6.03 Å². The molecule has 12 nitrogen and oxygen atoms in total. The number of likely N-dealkylation sites (tertiary alicyclic amines) is 1. The molecule has 290 valence electrons. The van der Waals surface area contributed by atoms with Gasteiger partial charge in [0.1, 0.15) is 12.1 Å². The van der Waals surface area contributed by atoms with Crippen LogP contribution in [0.3, 0.4) is 0 Å². The second kappa shape index (κ2) is 17.2. The molecule has 2 aliphatic heterocycles.